The zero-order valence-electron chi connectivity index (χ0n) is 11.1. The fourth-order valence-corrected chi connectivity index (χ4v) is 2.28. The zero-order chi connectivity index (χ0) is 13.1. The van der Waals surface area contributed by atoms with Gasteiger partial charge in [0.15, 0.2) is 5.78 Å². The van der Waals surface area contributed by atoms with Gasteiger partial charge >= 0.3 is 0 Å². The summed E-state index contributed by atoms with van der Waals surface area (Å²) in [5, 5.41) is 6.48. The normalized spacial score (nSPS) is 19.9. The van der Waals surface area contributed by atoms with Gasteiger partial charge in [-0.2, -0.15) is 5.10 Å². The average molecular weight is 242 g/mol. The largest absolute Gasteiger partial charge is 0.295 e. The van der Waals surface area contributed by atoms with Gasteiger partial charge in [-0.3, -0.25) is 9.80 Å². The Bertz CT molecular complexity index is 502. The molecule has 1 aromatic rings. The molecule has 94 valence electrons. The summed E-state index contributed by atoms with van der Waals surface area (Å²) in [5.41, 5.74) is 3.22. The van der Waals surface area contributed by atoms with Crippen molar-refractivity contribution in [2.45, 2.75) is 33.2 Å². The van der Waals surface area contributed by atoms with Crippen molar-refractivity contribution in [3.63, 3.8) is 0 Å². The molecule has 1 atom stereocenters. The van der Waals surface area contributed by atoms with Crippen LogP contribution < -0.4 is 0 Å². The number of benzene rings is 1. The molecule has 1 heterocycles. The minimum atomic E-state index is 0.0547. The lowest BCUT2D eigenvalue weighted by Crippen LogP contribution is -2.18. The molecule has 0 saturated carbocycles. The first-order valence-electron chi connectivity index (χ1n) is 6.15. The lowest BCUT2D eigenvalue weighted by atomic mass is 10.0. The van der Waals surface area contributed by atoms with E-state index in [4.69, 9.17) is 0 Å². The molecule has 2 rings (SSSR count). The Balaban J connectivity index is 2.30. The van der Waals surface area contributed by atoms with Crippen LogP contribution in [0, 0.1) is 0 Å². The fourth-order valence-electron chi connectivity index (χ4n) is 2.28. The Morgan fingerprint density at radius 1 is 1.33 bits per heavy atom. The van der Waals surface area contributed by atoms with E-state index in [1.165, 1.54) is 5.56 Å². The molecule has 3 heteroatoms. The van der Waals surface area contributed by atoms with E-state index in [0.717, 1.165) is 17.8 Å². The SMILES string of the molecule is CC(=O)/C=C(\C)N1N=C(C)C[C@@H]1c1ccccc1. The summed E-state index contributed by atoms with van der Waals surface area (Å²) in [6.45, 7) is 5.52. The molecule has 1 aliphatic rings. The molecule has 1 aliphatic heterocycles. The van der Waals surface area contributed by atoms with Crippen LogP contribution in [0.1, 0.15) is 38.8 Å². The number of ketones is 1. The van der Waals surface area contributed by atoms with Gasteiger partial charge in [-0.25, -0.2) is 0 Å². The number of carbonyl (C=O) groups excluding carboxylic acids is 1. The van der Waals surface area contributed by atoms with Gasteiger partial charge in [-0.15, -0.1) is 0 Å². The zero-order valence-corrected chi connectivity index (χ0v) is 11.1. The molecule has 0 aliphatic carbocycles. The molecule has 1 aromatic carbocycles. The third kappa shape index (κ3) is 2.67. The van der Waals surface area contributed by atoms with E-state index in [-0.39, 0.29) is 11.8 Å². The highest BCUT2D eigenvalue weighted by molar-refractivity contribution is 5.88. The fraction of sp³-hybridized carbons (Fsp3) is 0.333. The minimum absolute atomic E-state index is 0.0547. The average Bonchev–Trinajstić information content (AvgIpc) is 2.72. The second-order valence-electron chi connectivity index (χ2n) is 4.71. The third-order valence-electron chi connectivity index (χ3n) is 3.02. The lowest BCUT2D eigenvalue weighted by molar-refractivity contribution is -0.112. The first-order chi connectivity index (χ1) is 8.58. The van der Waals surface area contributed by atoms with Crippen molar-refractivity contribution in [1.29, 1.82) is 0 Å². The van der Waals surface area contributed by atoms with E-state index in [0.29, 0.717) is 0 Å². The molecule has 0 radical (unpaired) electrons. The van der Waals surface area contributed by atoms with Gasteiger partial charge in [0.25, 0.3) is 0 Å². The number of nitrogens with zero attached hydrogens (tertiary/aromatic N) is 2. The van der Waals surface area contributed by atoms with E-state index >= 15 is 0 Å². The van der Waals surface area contributed by atoms with Crippen LogP contribution in [0.2, 0.25) is 0 Å². The van der Waals surface area contributed by atoms with Crippen LogP contribution >= 0.6 is 0 Å². The Hall–Kier alpha value is -1.90. The van der Waals surface area contributed by atoms with Crippen LogP contribution in [0.25, 0.3) is 0 Å². The van der Waals surface area contributed by atoms with Gasteiger partial charge in [-0.05, 0) is 26.3 Å². The Kier molecular flexibility index (Phi) is 3.60. The highest BCUT2D eigenvalue weighted by Gasteiger charge is 2.26. The Morgan fingerprint density at radius 3 is 2.61 bits per heavy atom. The molecule has 3 nitrogen and oxygen atoms in total. The second kappa shape index (κ2) is 5.17. The number of carbonyl (C=O) groups is 1. The number of hydrogen-bond donors (Lipinski definition) is 0. The van der Waals surface area contributed by atoms with E-state index < -0.39 is 0 Å². The van der Waals surface area contributed by atoms with Crippen LogP contribution in [0.3, 0.4) is 0 Å². The van der Waals surface area contributed by atoms with Gasteiger partial charge in [0.1, 0.15) is 0 Å². The van der Waals surface area contributed by atoms with Crippen molar-refractivity contribution in [3.8, 4) is 0 Å². The molecule has 0 aromatic heterocycles. The predicted octanol–water partition coefficient (Wildman–Crippen LogP) is 3.30. The maximum absolute atomic E-state index is 11.2. The van der Waals surface area contributed by atoms with Crippen molar-refractivity contribution in [2.24, 2.45) is 5.10 Å². The summed E-state index contributed by atoms with van der Waals surface area (Å²) >= 11 is 0. The van der Waals surface area contributed by atoms with Crippen LogP contribution in [-0.2, 0) is 4.79 Å². The Morgan fingerprint density at radius 2 is 2.00 bits per heavy atom. The van der Waals surface area contributed by atoms with Crippen LogP contribution in [0.4, 0.5) is 0 Å². The highest BCUT2D eigenvalue weighted by atomic mass is 16.1. The monoisotopic (exact) mass is 242 g/mol. The van der Waals surface area contributed by atoms with E-state index in [9.17, 15) is 4.79 Å². The second-order valence-corrected chi connectivity index (χ2v) is 4.71. The maximum Gasteiger partial charge on any atom is 0.154 e. The highest BCUT2D eigenvalue weighted by Crippen LogP contribution is 2.33. The number of allylic oxidation sites excluding steroid dienone is 2. The number of hydrogen-bond acceptors (Lipinski definition) is 3. The molecular formula is C15H18N2O. The standard InChI is InChI=1S/C15H18N2O/c1-11-9-15(14-7-5-4-6-8-14)17(16-11)12(2)10-13(3)18/h4-8,10,15H,9H2,1-3H3/b12-10+/t15-/m1/s1. The molecule has 0 amide bonds. The lowest BCUT2D eigenvalue weighted by Gasteiger charge is -2.24. The van der Waals surface area contributed by atoms with E-state index in [1.807, 2.05) is 37.1 Å². The van der Waals surface area contributed by atoms with E-state index in [1.54, 1.807) is 13.0 Å². The van der Waals surface area contributed by atoms with Crippen molar-refractivity contribution in [2.75, 3.05) is 0 Å². The molecular weight excluding hydrogens is 224 g/mol. The quantitative estimate of drug-likeness (QED) is 0.762. The topological polar surface area (TPSA) is 32.7 Å². The van der Waals surface area contributed by atoms with Gasteiger partial charge in [-0.1, -0.05) is 30.3 Å². The maximum atomic E-state index is 11.2. The number of rotatable bonds is 3. The van der Waals surface area contributed by atoms with Gasteiger partial charge in [0.05, 0.1) is 6.04 Å². The summed E-state index contributed by atoms with van der Waals surface area (Å²) in [4.78, 5) is 11.2. The minimum Gasteiger partial charge on any atom is -0.295 e. The summed E-state index contributed by atoms with van der Waals surface area (Å²) in [5.74, 6) is 0.0547. The smallest absolute Gasteiger partial charge is 0.154 e. The summed E-state index contributed by atoms with van der Waals surface area (Å²) < 4.78 is 0. The van der Waals surface area contributed by atoms with Gasteiger partial charge < -0.3 is 0 Å². The number of hydrazone groups is 1. The summed E-state index contributed by atoms with van der Waals surface area (Å²) in [7, 11) is 0. The third-order valence-corrected chi connectivity index (χ3v) is 3.02. The van der Waals surface area contributed by atoms with Gasteiger partial charge in [0, 0.05) is 23.9 Å². The molecule has 0 unspecified atom stereocenters. The van der Waals surface area contributed by atoms with Crippen LogP contribution in [-0.4, -0.2) is 16.5 Å². The van der Waals surface area contributed by atoms with Crippen LogP contribution in [0.5, 0.6) is 0 Å². The summed E-state index contributed by atoms with van der Waals surface area (Å²) in [6.07, 6.45) is 2.55. The van der Waals surface area contributed by atoms with Gasteiger partial charge in [0.2, 0.25) is 0 Å². The molecule has 0 N–H and O–H groups in total. The summed E-state index contributed by atoms with van der Waals surface area (Å²) in [6, 6.07) is 10.5. The Labute approximate surface area is 108 Å². The van der Waals surface area contributed by atoms with E-state index in [2.05, 4.69) is 17.2 Å². The first-order valence-corrected chi connectivity index (χ1v) is 6.15. The van der Waals surface area contributed by atoms with Crippen molar-refractivity contribution in [3.05, 3.63) is 47.7 Å². The van der Waals surface area contributed by atoms with Crippen molar-refractivity contribution < 1.29 is 4.79 Å². The van der Waals surface area contributed by atoms with Crippen molar-refractivity contribution >= 4 is 11.5 Å². The molecule has 18 heavy (non-hydrogen) atoms. The van der Waals surface area contributed by atoms with Crippen molar-refractivity contribution in [1.82, 2.24) is 5.01 Å². The molecule has 0 saturated heterocycles. The molecule has 0 spiro atoms. The first kappa shape index (κ1) is 12.6. The molecule has 0 bridgehead atoms. The van der Waals surface area contributed by atoms with Crippen LogP contribution in [0.15, 0.2) is 47.2 Å². The molecule has 0 fully saturated rings. The predicted molar refractivity (Wildman–Crippen MR) is 73.2 cm³/mol.